The van der Waals surface area contributed by atoms with E-state index in [1.807, 2.05) is 42.5 Å². The zero-order valence-electron chi connectivity index (χ0n) is 14.1. The number of rotatable bonds is 5. The van der Waals surface area contributed by atoms with Crippen LogP contribution in [0, 0.1) is 0 Å². The van der Waals surface area contributed by atoms with Gasteiger partial charge in [-0.1, -0.05) is 36.4 Å². The van der Waals surface area contributed by atoms with Crippen molar-refractivity contribution in [2.45, 2.75) is 16.8 Å². The number of hydrogen-bond donors (Lipinski definition) is 0. The van der Waals surface area contributed by atoms with Gasteiger partial charge in [0, 0.05) is 10.6 Å². The Hall–Kier alpha value is -2.40. The first-order valence-electron chi connectivity index (χ1n) is 7.99. The quantitative estimate of drug-likeness (QED) is 0.461. The molecule has 26 heavy (non-hydrogen) atoms. The SMILES string of the molecule is COc1ccc(-c2cccc(SCc3ccc(C(F)(F)F)cc3)c2)cc1. The Morgan fingerprint density at radius 2 is 1.54 bits per heavy atom. The average Bonchev–Trinajstić information content (AvgIpc) is 2.66. The van der Waals surface area contributed by atoms with Crippen LogP contribution in [0.25, 0.3) is 11.1 Å². The summed E-state index contributed by atoms with van der Waals surface area (Å²) in [7, 11) is 1.63. The minimum atomic E-state index is -4.29. The summed E-state index contributed by atoms with van der Waals surface area (Å²) >= 11 is 1.60. The van der Waals surface area contributed by atoms with Crippen molar-refractivity contribution in [2.75, 3.05) is 7.11 Å². The lowest BCUT2D eigenvalue weighted by molar-refractivity contribution is -0.137. The monoisotopic (exact) mass is 374 g/mol. The van der Waals surface area contributed by atoms with Gasteiger partial charge in [0.2, 0.25) is 0 Å². The van der Waals surface area contributed by atoms with Crippen LogP contribution in [0.1, 0.15) is 11.1 Å². The second-order valence-corrected chi connectivity index (χ2v) is 6.79. The number of methoxy groups -OCH3 is 1. The van der Waals surface area contributed by atoms with Crippen LogP contribution in [0.3, 0.4) is 0 Å². The van der Waals surface area contributed by atoms with Crippen molar-refractivity contribution >= 4 is 11.8 Å². The summed E-state index contributed by atoms with van der Waals surface area (Å²) < 4.78 is 43.0. The zero-order chi connectivity index (χ0) is 18.6. The number of halogens is 3. The molecule has 0 spiro atoms. The van der Waals surface area contributed by atoms with Gasteiger partial charge in [-0.25, -0.2) is 0 Å². The molecule has 0 unspecified atom stereocenters. The first-order chi connectivity index (χ1) is 12.5. The van der Waals surface area contributed by atoms with Gasteiger partial charge in [0.25, 0.3) is 0 Å². The smallest absolute Gasteiger partial charge is 0.416 e. The second-order valence-electron chi connectivity index (χ2n) is 5.74. The molecule has 1 nitrogen and oxygen atoms in total. The number of thioether (sulfide) groups is 1. The maximum atomic E-state index is 12.6. The third-order valence-electron chi connectivity index (χ3n) is 3.94. The lowest BCUT2D eigenvalue weighted by Crippen LogP contribution is -2.04. The Labute approximate surface area is 154 Å². The fourth-order valence-corrected chi connectivity index (χ4v) is 3.42. The predicted molar refractivity (Wildman–Crippen MR) is 99.4 cm³/mol. The van der Waals surface area contributed by atoms with Crippen LogP contribution in [-0.2, 0) is 11.9 Å². The molecular weight excluding hydrogens is 357 g/mol. The van der Waals surface area contributed by atoms with Crippen molar-refractivity contribution in [3.63, 3.8) is 0 Å². The van der Waals surface area contributed by atoms with E-state index in [0.29, 0.717) is 5.75 Å². The van der Waals surface area contributed by atoms with Crippen LogP contribution in [0.15, 0.2) is 77.7 Å². The van der Waals surface area contributed by atoms with E-state index >= 15 is 0 Å². The second kappa shape index (κ2) is 7.87. The van der Waals surface area contributed by atoms with E-state index in [-0.39, 0.29) is 0 Å². The number of alkyl halides is 3. The van der Waals surface area contributed by atoms with E-state index in [1.54, 1.807) is 18.9 Å². The first kappa shape index (κ1) is 18.4. The van der Waals surface area contributed by atoms with E-state index < -0.39 is 11.7 Å². The van der Waals surface area contributed by atoms with Gasteiger partial charge in [-0.15, -0.1) is 11.8 Å². The van der Waals surface area contributed by atoms with E-state index in [1.165, 1.54) is 12.1 Å². The van der Waals surface area contributed by atoms with Crippen LogP contribution in [-0.4, -0.2) is 7.11 Å². The summed E-state index contributed by atoms with van der Waals surface area (Å²) in [5.41, 5.74) is 2.42. The van der Waals surface area contributed by atoms with E-state index in [2.05, 4.69) is 6.07 Å². The van der Waals surface area contributed by atoms with Crippen molar-refractivity contribution in [3.05, 3.63) is 83.9 Å². The van der Waals surface area contributed by atoms with Gasteiger partial charge in [0.15, 0.2) is 0 Å². The van der Waals surface area contributed by atoms with Gasteiger partial charge in [0.1, 0.15) is 5.75 Å². The minimum absolute atomic E-state index is 0.615. The molecule has 0 heterocycles. The molecular formula is C21H17F3OS. The fraction of sp³-hybridized carbons (Fsp3) is 0.143. The molecule has 0 amide bonds. The summed E-state index contributed by atoms with van der Waals surface area (Å²) in [6.45, 7) is 0. The molecule has 0 aromatic heterocycles. The highest BCUT2D eigenvalue weighted by Gasteiger charge is 2.29. The van der Waals surface area contributed by atoms with Gasteiger partial charge in [-0.2, -0.15) is 13.2 Å². The van der Waals surface area contributed by atoms with Crippen molar-refractivity contribution < 1.29 is 17.9 Å². The molecule has 0 radical (unpaired) electrons. The van der Waals surface area contributed by atoms with Crippen LogP contribution in [0.2, 0.25) is 0 Å². The van der Waals surface area contributed by atoms with E-state index in [4.69, 9.17) is 4.74 Å². The maximum absolute atomic E-state index is 12.6. The summed E-state index contributed by atoms with van der Waals surface area (Å²) in [4.78, 5) is 1.07. The molecule has 0 aliphatic heterocycles. The van der Waals surface area contributed by atoms with E-state index in [0.717, 1.165) is 39.5 Å². The Morgan fingerprint density at radius 1 is 0.846 bits per heavy atom. The molecule has 0 atom stereocenters. The van der Waals surface area contributed by atoms with Crippen molar-refractivity contribution in [1.82, 2.24) is 0 Å². The highest BCUT2D eigenvalue weighted by atomic mass is 32.2. The van der Waals surface area contributed by atoms with Gasteiger partial charge < -0.3 is 4.74 Å². The topological polar surface area (TPSA) is 9.23 Å². The molecule has 3 aromatic rings. The molecule has 0 aliphatic rings. The largest absolute Gasteiger partial charge is 0.497 e. The summed E-state index contributed by atoms with van der Waals surface area (Å²) in [5.74, 6) is 1.42. The summed E-state index contributed by atoms with van der Waals surface area (Å²) in [6, 6.07) is 21.2. The molecule has 0 aliphatic carbocycles. The van der Waals surface area contributed by atoms with Gasteiger partial charge in [-0.3, -0.25) is 0 Å². The van der Waals surface area contributed by atoms with Crippen LogP contribution in [0.5, 0.6) is 5.75 Å². The molecule has 134 valence electrons. The Bertz CT molecular complexity index is 856. The third kappa shape index (κ3) is 4.61. The first-order valence-corrected chi connectivity index (χ1v) is 8.98. The van der Waals surface area contributed by atoms with Crippen LogP contribution < -0.4 is 4.74 Å². The standard InChI is InChI=1S/C21H17F3OS/c1-25-19-11-7-16(8-12-19)17-3-2-4-20(13-17)26-14-15-5-9-18(10-6-15)21(22,23)24/h2-13H,14H2,1H3. The highest BCUT2D eigenvalue weighted by Crippen LogP contribution is 2.31. The predicted octanol–water partition coefficient (Wildman–Crippen LogP) is 6.67. The third-order valence-corrected chi connectivity index (χ3v) is 5.01. The number of benzene rings is 3. The Morgan fingerprint density at radius 3 is 2.15 bits per heavy atom. The van der Waals surface area contributed by atoms with Crippen molar-refractivity contribution in [2.24, 2.45) is 0 Å². The Balaban J connectivity index is 1.68. The lowest BCUT2D eigenvalue weighted by Gasteiger charge is -2.09. The van der Waals surface area contributed by atoms with Crippen LogP contribution >= 0.6 is 11.8 Å². The van der Waals surface area contributed by atoms with Gasteiger partial charge >= 0.3 is 6.18 Å². The molecule has 0 N–H and O–H groups in total. The fourth-order valence-electron chi connectivity index (χ4n) is 2.51. The number of ether oxygens (including phenoxy) is 1. The minimum Gasteiger partial charge on any atom is -0.497 e. The maximum Gasteiger partial charge on any atom is 0.416 e. The normalized spacial score (nSPS) is 11.4. The summed E-state index contributed by atoms with van der Waals surface area (Å²) in [6.07, 6.45) is -4.29. The van der Waals surface area contributed by atoms with Gasteiger partial charge in [0.05, 0.1) is 12.7 Å². The van der Waals surface area contributed by atoms with Gasteiger partial charge in [-0.05, 0) is 53.1 Å². The summed E-state index contributed by atoms with van der Waals surface area (Å²) in [5, 5.41) is 0. The highest BCUT2D eigenvalue weighted by molar-refractivity contribution is 7.98. The van der Waals surface area contributed by atoms with Crippen molar-refractivity contribution in [1.29, 1.82) is 0 Å². The number of hydrogen-bond acceptors (Lipinski definition) is 2. The zero-order valence-corrected chi connectivity index (χ0v) is 14.9. The molecule has 0 bridgehead atoms. The molecule has 0 saturated heterocycles. The van der Waals surface area contributed by atoms with Crippen LogP contribution in [0.4, 0.5) is 13.2 Å². The molecule has 5 heteroatoms. The molecule has 0 saturated carbocycles. The van der Waals surface area contributed by atoms with Crippen molar-refractivity contribution in [3.8, 4) is 16.9 Å². The molecule has 3 aromatic carbocycles. The van der Waals surface area contributed by atoms with E-state index in [9.17, 15) is 13.2 Å². The Kier molecular flexibility index (Phi) is 5.57. The average molecular weight is 374 g/mol. The molecule has 0 fully saturated rings. The molecule has 3 rings (SSSR count). The lowest BCUT2D eigenvalue weighted by atomic mass is 10.1.